The molecular weight excluding hydrogens is 450 g/mol. The van der Waals surface area contributed by atoms with E-state index < -0.39 is 5.91 Å². The summed E-state index contributed by atoms with van der Waals surface area (Å²) in [5.74, 6) is -0.123. The Bertz CT molecular complexity index is 1080. The van der Waals surface area contributed by atoms with Crippen molar-refractivity contribution >= 4 is 52.3 Å². The molecule has 3 aromatic rings. The van der Waals surface area contributed by atoms with E-state index in [1.807, 2.05) is 19.8 Å². The van der Waals surface area contributed by atoms with Gasteiger partial charge in [-0.15, -0.1) is 11.3 Å². The summed E-state index contributed by atoms with van der Waals surface area (Å²) in [6.07, 6.45) is 3.48. The number of halogens is 1. The van der Waals surface area contributed by atoms with E-state index >= 15 is 0 Å². The van der Waals surface area contributed by atoms with Crippen LogP contribution in [0.1, 0.15) is 26.5 Å². The van der Waals surface area contributed by atoms with Crippen LogP contribution in [0.15, 0.2) is 30.5 Å². The van der Waals surface area contributed by atoms with Crippen LogP contribution in [0.2, 0.25) is 5.02 Å². The number of pyridine rings is 1. The third kappa shape index (κ3) is 5.61. The van der Waals surface area contributed by atoms with Crippen LogP contribution >= 0.6 is 22.9 Å². The first-order valence-electron chi connectivity index (χ1n) is 9.88. The van der Waals surface area contributed by atoms with Gasteiger partial charge in [-0.05, 0) is 38.1 Å². The van der Waals surface area contributed by atoms with E-state index in [9.17, 15) is 9.90 Å². The molecule has 2 aromatic heterocycles. The number of benzene rings is 1. The lowest BCUT2D eigenvalue weighted by Gasteiger charge is -2.13. The summed E-state index contributed by atoms with van der Waals surface area (Å²) in [6.45, 7) is 5.86. The molecule has 0 atom stereocenters. The molecule has 0 saturated heterocycles. The smallest absolute Gasteiger partial charge is 0.259 e. The van der Waals surface area contributed by atoms with Gasteiger partial charge in [-0.3, -0.25) is 4.79 Å². The molecule has 0 spiro atoms. The van der Waals surface area contributed by atoms with Crippen LogP contribution in [0.25, 0.3) is 0 Å². The molecule has 3 N–H and O–H groups in total. The van der Waals surface area contributed by atoms with E-state index in [0.29, 0.717) is 10.9 Å². The Morgan fingerprint density at radius 1 is 1.25 bits per heavy atom. The number of likely N-dealkylation sites (N-methyl/N-ethyl adjacent to an activating group) is 1. The first-order valence-corrected chi connectivity index (χ1v) is 11.1. The summed E-state index contributed by atoms with van der Waals surface area (Å²) in [4.78, 5) is 33.3. The molecule has 10 heteroatoms. The maximum atomic E-state index is 12.9. The van der Waals surface area contributed by atoms with Crippen molar-refractivity contribution in [3.05, 3.63) is 57.2 Å². The fourth-order valence-corrected chi connectivity index (χ4v) is 4.48. The van der Waals surface area contributed by atoms with Gasteiger partial charge in [0.15, 0.2) is 5.13 Å². The number of aromatic nitrogens is 2. The average Bonchev–Trinajstić information content (AvgIpc) is 3.08. The van der Waals surface area contributed by atoms with Gasteiger partial charge < -0.3 is 25.4 Å². The highest BCUT2D eigenvalue weighted by Gasteiger charge is 2.21. The van der Waals surface area contributed by atoms with Gasteiger partial charge in [0.25, 0.3) is 5.91 Å². The number of carbonyl (C=O) groups is 2. The average molecular weight is 474 g/mol. The van der Waals surface area contributed by atoms with Gasteiger partial charge in [-0.1, -0.05) is 17.7 Å². The molecule has 1 amide bonds. The molecule has 168 valence electrons. The predicted molar refractivity (Wildman–Crippen MR) is 127 cm³/mol. The van der Waals surface area contributed by atoms with E-state index in [4.69, 9.17) is 21.4 Å². The normalized spacial score (nSPS) is 13.3. The molecule has 1 aliphatic rings. The first-order chi connectivity index (χ1) is 15.4. The van der Waals surface area contributed by atoms with Crippen LogP contribution in [0, 0.1) is 6.92 Å². The quantitative estimate of drug-likeness (QED) is 0.490. The van der Waals surface area contributed by atoms with E-state index in [1.54, 1.807) is 23.6 Å². The number of thiazole rings is 1. The molecule has 1 aliphatic heterocycles. The zero-order chi connectivity index (χ0) is 23.3. The largest absolute Gasteiger partial charge is 0.506 e. The molecule has 0 bridgehead atoms. The van der Waals surface area contributed by atoms with E-state index in [1.165, 1.54) is 17.0 Å². The van der Waals surface area contributed by atoms with Crippen LogP contribution in [-0.4, -0.2) is 52.8 Å². The minimum atomic E-state index is -0.425. The van der Waals surface area contributed by atoms with Gasteiger partial charge in [-0.25, -0.2) is 9.97 Å². The van der Waals surface area contributed by atoms with Gasteiger partial charge in [0.05, 0.1) is 16.9 Å². The number of hydrogen-bond acceptors (Lipinski definition) is 8. The lowest BCUT2D eigenvalue weighted by molar-refractivity contribution is -0.0980. The Kier molecular flexibility index (Phi) is 7.79. The number of phenolic OH excluding ortho intramolecular Hbond substituents is 1. The van der Waals surface area contributed by atoms with Crippen LogP contribution in [-0.2, 0) is 17.6 Å². The SMILES string of the molecule is C=O.Cc1ccc(NC(=O)c2cc(Cl)cc(O)c2Nc2nc3c(s2)CCN(C)CC3)nc1. The van der Waals surface area contributed by atoms with Gasteiger partial charge >= 0.3 is 0 Å². The topological polar surface area (TPSA) is 107 Å². The maximum Gasteiger partial charge on any atom is 0.259 e. The second-order valence-electron chi connectivity index (χ2n) is 7.34. The number of aryl methyl sites for hydroxylation is 1. The number of amides is 1. The zero-order valence-electron chi connectivity index (χ0n) is 17.8. The number of aromatic hydroxyl groups is 1. The molecule has 32 heavy (non-hydrogen) atoms. The molecule has 8 nitrogen and oxygen atoms in total. The van der Waals surface area contributed by atoms with Crippen LogP contribution < -0.4 is 10.6 Å². The Morgan fingerprint density at radius 3 is 2.72 bits per heavy atom. The molecule has 1 aromatic carbocycles. The zero-order valence-corrected chi connectivity index (χ0v) is 19.4. The van der Waals surface area contributed by atoms with Crippen molar-refractivity contribution in [3.8, 4) is 5.75 Å². The van der Waals surface area contributed by atoms with Gasteiger partial charge in [-0.2, -0.15) is 0 Å². The fourth-order valence-electron chi connectivity index (χ4n) is 3.26. The number of hydrogen-bond donors (Lipinski definition) is 3. The van der Waals surface area contributed by atoms with Gasteiger partial charge in [0.2, 0.25) is 0 Å². The number of phenols is 1. The highest BCUT2D eigenvalue weighted by atomic mass is 35.5. The van der Waals surface area contributed by atoms with E-state index in [2.05, 4.69) is 27.6 Å². The molecule has 0 unspecified atom stereocenters. The lowest BCUT2D eigenvalue weighted by atomic mass is 10.1. The van der Waals surface area contributed by atoms with Crippen LogP contribution in [0.4, 0.5) is 16.6 Å². The van der Waals surface area contributed by atoms with Crippen molar-refractivity contribution in [1.29, 1.82) is 0 Å². The minimum absolute atomic E-state index is 0.116. The molecule has 0 fully saturated rings. The number of carbonyl (C=O) groups excluding carboxylic acids is 2. The second kappa shape index (κ2) is 10.5. The molecule has 3 heterocycles. The van der Waals surface area contributed by atoms with Crippen molar-refractivity contribution in [1.82, 2.24) is 14.9 Å². The van der Waals surface area contributed by atoms with Crippen LogP contribution in [0.3, 0.4) is 0 Å². The summed E-state index contributed by atoms with van der Waals surface area (Å²) in [7, 11) is 2.11. The number of nitrogens with zero attached hydrogens (tertiary/aromatic N) is 3. The summed E-state index contributed by atoms with van der Waals surface area (Å²) in [5, 5.41) is 17.3. The number of nitrogens with one attached hydrogen (secondary N) is 2. The predicted octanol–water partition coefficient (Wildman–Crippen LogP) is 4.05. The Labute approximate surface area is 195 Å². The Hall–Kier alpha value is -3.01. The third-order valence-electron chi connectivity index (χ3n) is 4.94. The van der Waals surface area contributed by atoms with Gasteiger partial charge in [0.1, 0.15) is 18.4 Å². The number of anilines is 3. The third-order valence-corrected chi connectivity index (χ3v) is 6.23. The van der Waals surface area contributed by atoms with Crippen molar-refractivity contribution < 1.29 is 14.7 Å². The monoisotopic (exact) mass is 473 g/mol. The van der Waals surface area contributed by atoms with E-state index in [0.717, 1.165) is 37.2 Å². The molecule has 0 radical (unpaired) electrons. The lowest BCUT2D eigenvalue weighted by Crippen LogP contribution is -2.20. The maximum absolute atomic E-state index is 12.9. The molecule has 4 rings (SSSR count). The summed E-state index contributed by atoms with van der Waals surface area (Å²) in [6, 6.07) is 6.50. The standard InChI is InChI=1S/C21H22ClN5O2S.CH2O/c1-12-3-4-18(23-11-12)25-20(29)14-9-13(22)10-16(28)19(14)26-21-24-15-5-7-27(2)8-6-17(15)30-21;1-2/h3-4,9-11,28H,5-8H2,1-2H3,(H,24,26)(H,23,25,29);1H2. The van der Waals surface area contributed by atoms with Crippen molar-refractivity contribution in [3.63, 3.8) is 0 Å². The molecular formula is C22H24ClN5O3S. The Morgan fingerprint density at radius 2 is 2.00 bits per heavy atom. The summed E-state index contributed by atoms with van der Waals surface area (Å²) in [5.41, 5.74) is 2.54. The highest BCUT2D eigenvalue weighted by Crippen LogP contribution is 2.36. The van der Waals surface area contributed by atoms with E-state index in [-0.39, 0.29) is 22.0 Å². The summed E-state index contributed by atoms with van der Waals surface area (Å²) < 4.78 is 0. The second-order valence-corrected chi connectivity index (χ2v) is 8.86. The molecule has 0 saturated carbocycles. The first kappa shape index (κ1) is 23.6. The molecule has 0 aliphatic carbocycles. The Balaban J connectivity index is 0.00000141. The highest BCUT2D eigenvalue weighted by molar-refractivity contribution is 7.15. The van der Waals surface area contributed by atoms with Crippen LogP contribution in [0.5, 0.6) is 5.75 Å². The number of rotatable bonds is 4. The van der Waals surface area contributed by atoms with Crippen molar-refractivity contribution in [2.24, 2.45) is 0 Å². The fraction of sp³-hybridized carbons (Fsp3) is 0.273. The minimum Gasteiger partial charge on any atom is -0.506 e. The summed E-state index contributed by atoms with van der Waals surface area (Å²) >= 11 is 7.65. The van der Waals surface area contributed by atoms with Crippen molar-refractivity contribution in [2.75, 3.05) is 30.8 Å². The van der Waals surface area contributed by atoms with Gasteiger partial charge in [0, 0.05) is 41.7 Å². The number of fused-ring (bicyclic) bond motifs is 1. The van der Waals surface area contributed by atoms with Crippen molar-refractivity contribution in [2.45, 2.75) is 19.8 Å².